The standard InChI is InChI=1S/C14H24N2O4S/c1-15(10-14(20)4-2-3-5-14)13(19)16-6-7-21-9-11(16)8-12(17)18/h11,20H,2-10H2,1H3,(H,17,18). The monoisotopic (exact) mass is 316 g/mol. The summed E-state index contributed by atoms with van der Waals surface area (Å²) >= 11 is 1.68. The quantitative estimate of drug-likeness (QED) is 0.815. The van der Waals surface area contributed by atoms with Crippen LogP contribution < -0.4 is 0 Å². The number of hydrogen-bond acceptors (Lipinski definition) is 4. The number of thioether (sulfide) groups is 1. The first kappa shape index (κ1) is 16.4. The van der Waals surface area contributed by atoms with Gasteiger partial charge in [-0.2, -0.15) is 11.8 Å². The zero-order chi connectivity index (χ0) is 15.5. The molecule has 1 unspecified atom stereocenters. The van der Waals surface area contributed by atoms with Gasteiger partial charge < -0.3 is 20.0 Å². The van der Waals surface area contributed by atoms with Gasteiger partial charge in [0.25, 0.3) is 0 Å². The molecule has 0 aromatic carbocycles. The Hall–Kier alpha value is -0.950. The summed E-state index contributed by atoms with van der Waals surface area (Å²) in [7, 11) is 1.69. The van der Waals surface area contributed by atoms with E-state index in [0.717, 1.165) is 31.4 Å². The van der Waals surface area contributed by atoms with Crippen LogP contribution >= 0.6 is 11.8 Å². The minimum atomic E-state index is -0.877. The summed E-state index contributed by atoms with van der Waals surface area (Å²) in [5.41, 5.74) is -0.767. The molecule has 0 bridgehead atoms. The Kier molecular flexibility index (Phi) is 5.37. The summed E-state index contributed by atoms with van der Waals surface area (Å²) in [4.78, 5) is 26.7. The molecule has 0 radical (unpaired) electrons. The lowest BCUT2D eigenvalue weighted by Gasteiger charge is -2.38. The molecule has 2 N–H and O–H groups in total. The first-order valence-electron chi connectivity index (χ1n) is 7.45. The predicted octanol–water partition coefficient (Wildman–Crippen LogP) is 1.24. The van der Waals surface area contributed by atoms with Crippen LogP contribution in [0.3, 0.4) is 0 Å². The van der Waals surface area contributed by atoms with Gasteiger partial charge in [0, 0.05) is 25.1 Å². The second-order valence-corrected chi connectivity index (χ2v) is 7.24. The third-order valence-corrected chi connectivity index (χ3v) is 5.37. The number of hydrogen-bond donors (Lipinski definition) is 2. The van der Waals surface area contributed by atoms with Crippen LogP contribution in [0.2, 0.25) is 0 Å². The van der Waals surface area contributed by atoms with Crippen molar-refractivity contribution in [3.05, 3.63) is 0 Å². The number of nitrogens with zero attached hydrogens (tertiary/aromatic N) is 2. The van der Waals surface area contributed by atoms with Gasteiger partial charge in [0.1, 0.15) is 0 Å². The molecule has 120 valence electrons. The van der Waals surface area contributed by atoms with Crippen molar-refractivity contribution in [3.63, 3.8) is 0 Å². The Bertz CT molecular complexity index is 398. The number of carbonyl (C=O) groups excluding carboxylic acids is 1. The Morgan fingerprint density at radius 1 is 1.38 bits per heavy atom. The highest BCUT2D eigenvalue weighted by atomic mass is 32.2. The second-order valence-electron chi connectivity index (χ2n) is 6.09. The molecule has 0 spiro atoms. The summed E-state index contributed by atoms with van der Waals surface area (Å²) in [5.74, 6) is 0.619. The van der Waals surface area contributed by atoms with Gasteiger partial charge in [0.15, 0.2) is 0 Å². The van der Waals surface area contributed by atoms with Crippen molar-refractivity contribution in [2.45, 2.75) is 43.7 Å². The smallest absolute Gasteiger partial charge is 0.320 e. The molecule has 1 saturated carbocycles. The SMILES string of the molecule is CN(CC1(O)CCCC1)C(=O)N1CCSCC1CC(=O)O. The first-order chi connectivity index (χ1) is 9.91. The zero-order valence-electron chi connectivity index (χ0n) is 12.5. The van der Waals surface area contributed by atoms with Crippen molar-refractivity contribution in [2.24, 2.45) is 0 Å². The summed E-state index contributed by atoms with van der Waals surface area (Å²) < 4.78 is 0. The van der Waals surface area contributed by atoms with E-state index in [9.17, 15) is 14.7 Å². The van der Waals surface area contributed by atoms with Gasteiger partial charge in [-0.25, -0.2) is 4.79 Å². The molecular formula is C14H24N2O4S. The number of carbonyl (C=O) groups is 2. The summed E-state index contributed by atoms with van der Waals surface area (Å²) in [5, 5.41) is 19.4. The van der Waals surface area contributed by atoms with Gasteiger partial charge in [0.2, 0.25) is 0 Å². The minimum absolute atomic E-state index is 0.0170. The van der Waals surface area contributed by atoms with Crippen LogP contribution in [0.4, 0.5) is 4.79 Å². The molecular weight excluding hydrogens is 292 g/mol. The number of carboxylic acid groups (broad SMARTS) is 1. The lowest BCUT2D eigenvalue weighted by molar-refractivity contribution is -0.138. The molecule has 1 saturated heterocycles. The van der Waals surface area contributed by atoms with E-state index in [1.165, 1.54) is 0 Å². The van der Waals surface area contributed by atoms with Crippen molar-refractivity contribution in [1.82, 2.24) is 9.80 Å². The molecule has 1 aliphatic heterocycles. The van der Waals surface area contributed by atoms with Crippen LogP contribution in [0.15, 0.2) is 0 Å². The van der Waals surface area contributed by atoms with Gasteiger partial charge in [0.05, 0.1) is 24.6 Å². The molecule has 1 atom stereocenters. The van der Waals surface area contributed by atoms with Crippen molar-refractivity contribution in [3.8, 4) is 0 Å². The van der Waals surface area contributed by atoms with E-state index in [1.54, 1.807) is 28.6 Å². The van der Waals surface area contributed by atoms with Crippen LogP contribution in [-0.2, 0) is 4.79 Å². The normalized spacial score (nSPS) is 24.9. The van der Waals surface area contributed by atoms with Gasteiger partial charge in [-0.3, -0.25) is 4.79 Å². The van der Waals surface area contributed by atoms with E-state index in [-0.39, 0.29) is 18.5 Å². The molecule has 7 heteroatoms. The van der Waals surface area contributed by atoms with Crippen molar-refractivity contribution < 1.29 is 19.8 Å². The predicted molar refractivity (Wildman–Crippen MR) is 81.5 cm³/mol. The fourth-order valence-electron chi connectivity index (χ4n) is 3.20. The number of amides is 2. The molecule has 1 heterocycles. The Labute approximate surface area is 129 Å². The van der Waals surface area contributed by atoms with E-state index >= 15 is 0 Å². The van der Waals surface area contributed by atoms with Crippen LogP contribution in [0, 0.1) is 0 Å². The molecule has 1 aliphatic carbocycles. The van der Waals surface area contributed by atoms with Crippen molar-refractivity contribution in [2.75, 3.05) is 31.6 Å². The minimum Gasteiger partial charge on any atom is -0.481 e. The largest absolute Gasteiger partial charge is 0.481 e. The third-order valence-electron chi connectivity index (χ3n) is 4.28. The molecule has 21 heavy (non-hydrogen) atoms. The number of likely N-dealkylation sites (N-methyl/N-ethyl adjacent to an activating group) is 1. The number of carboxylic acids is 1. The molecule has 6 nitrogen and oxygen atoms in total. The molecule has 2 rings (SSSR count). The van der Waals surface area contributed by atoms with Crippen molar-refractivity contribution in [1.29, 1.82) is 0 Å². The summed E-state index contributed by atoms with van der Waals surface area (Å²) in [6.45, 7) is 0.902. The number of aliphatic hydroxyl groups is 1. The summed E-state index contributed by atoms with van der Waals surface area (Å²) in [6, 6.07) is -0.420. The number of aliphatic carboxylic acids is 1. The summed E-state index contributed by atoms with van der Waals surface area (Å²) in [6.07, 6.45) is 3.45. The highest BCUT2D eigenvalue weighted by Gasteiger charge is 2.36. The molecule has 2 fully saturated rings. The number of rotatable bonds is 4. The van der Waals surface area contributed by atoms with Gasteiger partial charge in [-0.05, 0) is 12.8 Å². The molecule has 2 amide bonds. The highest BCUT2D eigenvalue weighted by Crippen LogP contribution is 2.30. The van der Waals surface area contributed by atoms with Gasteiger partial charge >= 0.3 is 12.0 Å². The highest BCUT2D eigenvalue weighted by molar-refractivity contribution is 7.99. The lowest BCUT2D eigenvalue weighted by atomic mass is 10.0. The third kappa shape index (κ3) is 4.26. The van der Waals surface area contributed by atoms with Gasteiger partial charge in [-0.1, -0.05) is 12.8 Å². The van der Waals surface area contributed by atoms with Crippen LogP contribution in [0.1, 0.15) is 32.1 Å². The van der Waals surface area contributed by atoms with E-state index in [2.05, 4.69) is 0 Å². The first-order valence-corrected chi connectivity index (χ1v) is 8.60. The zero-order valence-corrected chi connectivity index (χ0v) is 13.3. The number of urea groups is 1. The maximum atomic E-state index is 12.6. The van der Waals surface area contributed by atoms with E-state index in [1.807, 2.05) is 0 Å². The Balaban J connectivity index is 1.97. The van der Waals surface area contributed by atoms with E-state index < -0.39 is 11.6 Å². The van der Waals surface area contributed by atoms with E-state index in [4.69, 9.17) is 5.11 Å². The molecule has 0 aromatic heterocycles. The van der Waals surface area contributed by atoms with Crippen molar-refractivity contribution >= 4 is 23.8 Å². The fraction of sp³-hybridized carbons (Fsp3) is 0.857. The molecule has 0 aromatic rings. The second kappa shape index (κ2) is 6.87. The van der Waals surface area contributed by atoms with Crippen LogP contribution in [0.5, 0.6) is 0 Å². The Morgan fingerprint density at radius 2 is 2.05 bits per heavy atom. The maximum Gasteiger partial charge on any atom is 0.320 e. The fourth-order valence-corrected chi connectivity index (χ4v) is 4.26. The molecule has 2 aliphatic rings. The van der Waals surface area contributed by atoms with Gasteiger partial charge in [-0.15, -0.1) is 0 Å². The maximum absolute atomic E-state index is 12.6. The van der Waals surface area contributed by atoms with E-state index in [0.29, 0.717) is 18.8 Å². The Morgan fingerprint density at radius 3 is 2.67 bits per heavy atom. The average Bonchev–Trinajstić information content (AvgIpc) is 2.84. The van der Waals surface area contributed by atoms with Crippen LogP contribution in [0.25, 0.3) is 0 Å². The average molecular weight is 316 g/mol. The van der Waals surface area contributed by atoms with Crippen LogP contribution in [-0.4, -0.2) is 75.3 Å². The topological polar surface area (TPSA) is 81.1 Å². The lowest BCUT2D eigenvalue weighted by Crippen LogP contribution is -2.54.